The number of ketones is 1. The zero-order chi connectivity index (χ0) is 18.3. The van der Waals surface area contributed by atoms with Gasteiger partial charge in [0, 0.05) is 28.2 Å². The predicted octanol–water partition coefficient (Wildman–Crippen LogP) is 4.50. The molecule has 4 rings (SSSR count). The first-order chi connectivity index (χ1) is 12.6. The molecule has 0 bridgehead atoms. The molecular formula is C21H19NO4. The minimum absolute atomic E-state index is 0.0805. The highest BCUT2D eigenvalue weighted by molar-refractivity contribution is 6.12. The summed E-state index contributed by atoms with van der Waals surface area (Å²) in [4.78, 5) is 16.2. The molecule has 5 nitrogen and oxygen atoms in total. The second-order valence-corrected chi connectivity index (χ2v) is 6.36. The van der Waals surface area contributed by atoms with Crippen molar-refractivity contribution in [3.05, 3.63) is 58.8 Å². The first-order valence-electron chi connectivity index (χ1n) is 8.35. The molecule has 0 spiro atoms. The highest BCUT2D eigenvalue weighted by Crippen LogP contribution is 2.42. The number of rotatable bonds is 4. The molecule has 1 aromatic heterocycles. The molecule has 0 saturated heterocycles. The summed E-state index contributed by atoms with van der Waals surface area (Å²) < 4.78 is 16.1. The molecule has 0 aliphatic carbocycles. The number of nitrogens with one attached hydrogen (secondary N) is 1. The number of hydrogen-bond acceptors (Lipinski definition) is 4. The van der Waals surface area contributed by atoms with Gasteiger partial charge in [-0.1, -0.05) is 12.1 Å². The Balaban J connectivity index is 1.70. The summed E-state index contributed by atoms with van der Waals surface area (Å²) in [5.41, 5.74) is 4.37. The number of ether oxygens (including phenoxy) is 3. The van der Waals surface area contributed by atoms with E-state index in [2.05, 4.69) is 30.1 Å². The number of aromatic nitrogens is 1. The Morgan fingerprint density at radius 1 is 1.23 bits per heavy atom. The summed E-state index contributed by atoms with van der Waals surface area (Å²) in [6.45, 7) is 4.00. The second kappa shape index (κ2) is 6.26. The molecule has 0 amide bonds. The van der Waals surface area contributed by atoms with Crippen LogP contribution in [0.15, 0.2) is 42.1 Å². The number of methoxy groups -OCH3 is 1. The molecule has 0 unspecified atom stereocenters. The van der Waals surface area contributed by atoms with E-state index in [0.29, 0.717) is 28.4 Å². The van der Waals surface area contributed by atoms with Crippen LogP contribution in [0.4, 0.5) is 0 Å². The summed E-state index contributed by atoms with van der Waals surface area (Å²) in [5, 5.41) is 1.09. The topological polar surface area (TPSA) is 60.6 Å². The van der Waals surface area contributed by atoms with E-state index < -0.39 is 0 Å². The Morgan fingerprint density at radius 2 is 2.08 bits per heavy atom. The lowest BCUT2D eigenvalue weighted by molar-refractivity contribution is 0.103. The van der Waals surface area contributed by atoms with Crippen LogP contribution in [0, 0.1) is 6.92 Å². The third kappa shape index (κ3) is 2.71. The van der Waals surface area contributed by atoms with Crippen LogP contribution in [0.3, 0.4) is 0 Å². The number of aromatic amines is 1. The fraction of sp³-hybridized carbons (Fsp3) is 0.190. The van der Waals surface area contributed by atoms with Gasteiger partial charge >= 0.3 is 0 Å². The van der Waals surface area contributed by atoms with Crippen LogP contribution in [0.2, 0.25) is 0 Å². The first-order valence-corrected chi connectivity index (χ1v) is 8.35. The number of fused-ring (bicyclic) bond motifs is 2. The normalized spacial score (nSPS) is 13.3. The number of H-pyrrole nitrogens is 1. The van der Waals surface area contributed by atoms with Crippen LogP contribution < -0.4 is 14.2 Å². The molecule has 0 fully saturated rings. The fourth-order valence-electron chi connectivity index (χ4n) is 3.17. The average Bonchev–Trinajstić information content (AvgIpc) is 3.26. The number of Topliss-reactive ketones (excluding diaryl/α,β-unsaturated/α-hetero) is 1. The molecule has 0 saturated carbocycles. The molecule has 0 atom stereocenters. The van der Waals surface area contributed by atoms with E-state index in [0.717, 1.165) is 16.5 Å². The SMILES string of the molecule is COc1cc(C(=O)C(C)=Cc2c[nH]c3cc(C)ccc23)cc2c1OCO2. The number of benzene rings is 2. The van der Waals surface area contributed by atoms with Gasteiger partial charge in [0.15, 0.2) is 17.3 Å². The molecule has 2 heterocycles. The minimum atomic E-state index is -0.0805. The zero-order valence-corrected chi connectivity index (χ0v) is 14.9. The molecule has 5 heteroatoms. The Bertz CT molecular complexity index is 1050. The van der Waals surface area contributed by atoms with Crippen LogP contribution >= 0.6 is 0 Å². The van der Waals surface area contributed by atoms with Crippen molar-refractivity contribution in [2.45, 2.75) is 13.8 Å². The zero-order valence-electron chi connectivity index (χ0n) is 14.9. The van der Waals surface area contributed by atoms with E-state index in [9.17, 15) is 4.79 Å². The highest BCUT2D eigenvalue weighted by atomic mass is 16.7. The van der Waals surface area contributed by atoms with E-state index in [-0.39, 0.29) is 12.6 Å². The summed E-state index contributed by atoms with van der Waals surface area (Å²) >= 11 is 0. The molecule has 1 aliphatic heterocycles. The molecule has 2 aromatic carbocycles. The Hall–Kier alpha value is -3.21. The third-order valence-corrected chi connectivity index (χ3v) is 4.52. The standard InChI is InChI=1S/C21H19NO4/c1-12-4-5-16-15(10-22-17(16)6-12)7-13(2)20(23)14-8-18(24-3)21-19(9-14)25-11-26-21/h4-10,22H,11H2,1-3H3. The van der Waals surface area contributed by atoms with E-state index >= 15 is 0 Å². The maximum Gasteiger partial charge on any atom is 0.231 e. The molecule has 3 aromatic rings. The summed E-state index contributed by atoms with van der Waals surface area (Å²) in [6.07, 6.45) is 3.81. The van der Waals surface area contributed by atoms with Gasteiger partial charge in [-0.05, 0) is 49.3 Å². The van der Waals surface area contributed by atoms with Crippen LogP contribution in [0.25, 0.3) is 17.0 Å². The van der Waals surface area contributed by atoms with Gasteiger partial charge in [-0.2, -0.15) is 0 Å². The van der Waals surface area contributed by atoms with Gasteiger partial charge in [-0.15, -0.1) is 0 Å². The highest BCUT2D eigenvalue weighted by Gasteiger charge is 2.22. The van der Waals surface area contributed by atoms with Crippen molar-refractivity contribution in [3.8, 4) is 17.2 Å². The smallest absolute Gasteiger partial charge is 0.231 e. The van der Waals surface area contributed by atoms with Crippen molar-refractivity contribution in [1.29, 1.82) is 0 Å². The first kappa shape index (κ1) is 16.3. The summed E-state index contributed by atoms with van der Waals surface area (Å²) in [6, 6.07) is 9.60. The lowest BCUT2D eigenvalue weighted by Gasteiger charge is -2.08. The average molecular weight is 349 g/mol. The summed E-state index contributed by atoms with van der Waals surface area (Å²) in [7, 11) is 1.54. The number of allylic oxidation sites excluding steroid dienone is 1. The van der Waals surface area contributed by atoms with E-state index in [4.69, 9.17) is 14.2 Å². The van der Waals surface area contributed by atoms with Crippen molar-refractivity contribution in [2.75, 3.05) is 13.9 Å². The predicted molar refractivity (Wildman–Crippen MR) is 100 cm³/mol. The molecule has 1 aliphatic rings. The van der Waals surface area contributed by atoms with Crippen LogP contribution in [0.5, 0.6) is 17.2 Å². The number of aryl methyl sites for hydroxylation is 1. The van der Waals surface area contributed by atoms with Crippen molar-refractivity contribution < 1.29 is 19.0 Å². The second-order valence-electron chi connectivity index (χ2n) is 6.36. The van der Waals surface area contributed by atoms with Crippen LogP contribution in [-0.2, 0) is 0 Å². The Morgan fingerprint density at radius 3 is 2.88 bits per heavy atom. The minimum Gasteiger partial charge on any atom is -0.493 e. The van der Waals surface area contributed by atoms with E-state index in [1.807, 2.05) is 19.2 Å². The largest absolute Gasteiger partial charge is 0.493 e. The number of carbonyl (C=O) groups is 1. The van der Waals surface area contributed by atoms with E-state index in [1.54, 1.807) is 19.2 Å². The van der Waals surface area contributed by atoms with Crippen LogP contribution in [0.1, 0.15) is 28.4 Å². The van der Waals surface area contributed by atoms with Crippen molar-refractivity contribution in [2.24, 2.45) is 0 Å². The molecular weight excluding hydrogens is 330 g/mol. The number of hydrogen-bond donors (Lipinski definition) is 1. The van der Waals surface area contributed by atoms with Gasteiger partial charge in [0.05, 0.1) is 7.11 Å². The molecule has 0 radical (unpaired) electrons. The molecule has 132 valence electrons. The maximum absolute atomic E-state index is 12.9. The maximum atomic E-state index is 12.9. The van der Waals surface area contributed by atoms with Gasteiger partial charge in [0.2, 0.25) is 12.5 Å². The van der Waals surface area contributed by atoms with Gasteiger partial charge in [0.25, 0.3) is 0 Å². The Kier molecular flexibility index (Phi) is 3.92. The fourth-order valence-corrected chi connectivity index (χ4v) is 3.17. The van der Waals surface area contributed by atoms with Gasteiger partial charge < -0.3 is 19.2 Å². The lowest BCUT2D eigenvalue weighted by atomic mass is 10.0. The van der Waals surface area contributed by atoms with Gasteiger partial charge in [-0.25, -0.2) is 0 Å². The third-order valence-electron chi connectivity index (χ3n) is 4.52. The van der Waals surface area contributed by atoms with Gasteiger partial charge in [0.1, 0.15) is 0 Å². The monoisotopic (exact) mass is 349 g/mol. The van der Waals surface area contributed by atoms with Crippen molar-refractivity contribution in [3.63, 3.8) is 0 Å². The van der Waals surface area contributed by atoms with Crippen molar-refractivity contribution >= 4 is 22.8 Å². The van der Waals surface area contributed by atoms with E-state index in [1.165, 1.54) is 5.56 Å². The summed E-state index contributed by atoms with van der Waals surface area (Å²) in [5.74, 6) is 1.49. The quantitative estimate of drug-likeness (QED) is 0.556. The van der Waals surface area contributed by atoms with Gasteiger partial charge in [-0.3, -0.25) is 4.79 Å². The number of carbonyl (C=O) groups excluding carboxylic acids is 1. The molecule has 1 N–H and O–H groups in total. The molecule has 26 heavy (non-hydrogen) atoms. The van der Waals surface area contributed by atoms with Crippen LogP contribution in [-0.4, -0.2) is 24.7 Å². The lowest BCUT2D eigenvalue weighted by Crippen LogP contribution is -2.01. The Labute approximate surface area is 151 Å². The van der Waals surface area contributed by atoms with Crippen molar-refractivity contribution in [1.82, 2.24) is 4.98 Å².